The maximum atomic E-state index is 11.4. The molecule has 0 spiro atoms. The van der Waals surface area contributed by atoms with E-state index in [2.05, 4.69) is 10.3 Å². The molecule has 126 valence electrons. The number of nitrogens with zero attached hydrogens (tertiary/aromatic N) is 1. The summed E-state index contributed by atoms with van der Waals surface area (Å²) in [5.41, 5.74) is 7.36. The second kappa shape index (κ2) is 10.8. The molecule has 3 N–H and O–H groups in total. The van der Waals surface area contributed by atoms with Crippen molar-refractivity contribution in [1.82, 2.24) is 10.3 Å². The average molecular weight is 358 g/mol. The number of carbonyl (C=O) groups is 1. The standard InChI is InChI=1S/C16H19N3O2.2ClH/c1-12(17)16(20)19-10-13-5-7-15(8-6-13)21-11-14-4-2-3-9-18-14;;/h2-9,12H,10-11,17H2,1H3,(H,19,20);2*1H/t12-;;/m1../s1. The van der Waals surface area contributed by atoms with Gasteiger partial charge in [0.25, 0.3) is 0 Å². The summed E-state index contributed by atoms with van der Waals surface area (Å²) in [6.07, 6.45) is 1.74. The number of nitrogens with one attached hydrogen (secondary N) is 1. The molecule has 0 unspecified atom stereocenters. The highest BCUT2D eigenvalue weighted by molar-refractivity contribution is 5.85. The van der Waals surface area contributed by atoms with Gasteiger partial charge >= 0.3 is 0 Å². The lowest BCUT2D eigenvalue weighted by molar-refractivity contribution is -0.122. The molecule has 7 heteroatoms. The first-order valence-corrected chi connectivity index (χ1v) is 6.80. The monoisotopic (exact) mass is 357 g/mol. The van der Waals surface area contributed by atoms with E-state index in [1.165, 1.54) is 0 Å². The van der Waals surface area contributed by atoms with Crippen molar-refractivity contribution in [2.45, 2.75) is 26.1 Å². The molecule has 0 aliphatic carbocycles. The Hall–Kier alpha value is -1.82. The van der Waals surface area contributed by atoms with Crippen LogP contribution in [0.4, 0.5) is 0 Å². The van der Waals surface area contributed by atoms with Crippen molar-refractivity contribution < 1.29 is 9.53 Å². The van der Waals surface area contributed by atoms with Crippen LogP contribution >= 0.6 is 24.8 Å². The van der Waals surface area contributed by atoms with Gasteiger partial charge in [0.15, 0.2) is 0 Å². The number of amides is 1. The van der Waals surface area contributed by atoms with E-state index in [4.69, 9.17) is 10.5 Å². The Labute approximate surface area is 148 Å². The number of benzene rings is 1. The summed E-state index contributed by atoms with van der Waals surface area (Å²) in [6.45, 7) is 2.55. The SMILES string of the molecule is C[C@@H](N)C(=O)NCc1ccc(OCc2ccccn2)cc1.Cl.Cl. The fourth-order valence-corrected chi connectivity index (χ4v) is 1.69. The van der Waals surface area contributed by atoms with Crippen LogP contribution in [0, 0.1) is 0 Å². The summed E-state index contributed by atoms with van der Waals surface area (Å²) in [7, 11) is 0. The lowest BCUT2D eigenvalue weighted by atomic mass is 10.2. The summed E-state index contributed by atoms with van der Waals surface area (Å²) in [5.74, 6) is 0.605. The van der Waals surface area contributed by atoms with E-state index >= 15 is 0 Å². The second-order valence-electron chi connectivity index (χ2n) is 4.76. The van der Waals surface area contributed by atoms with Gasteiger partial charge in [-0.25, -0.2) is 0 Å². The first-order valence-electron chi connectivity index (χ1n) is 6.80. The summed E-state index contributed by atoms with van der Waals surface area (Å²) in [4.78, 5) is 15.6. The largest absolute Gasteiger partial charge is 0.487 e. The lowest BCUT2D eigenvalue weighted by Gasteiger charge is -2.09. The summed E-state index contributed by atoms with van der Waals surface area (Å²) >= 11 is 0. The molecule has 23 heavy (non-hydrogen) atoms. The van der Waals surface area contributed by atoms with Gasteiger partial charge in [-0.05, 0) is 36.8 Å². The smallest absolute Gasteiger partial charge is 0.236 e. The Morgan fingerprint density at radius 3 is 2.48 bits per heavy atom. The lowest BCUT2D eigenvalue weighted by Crippen LogP contribution is -2.37. The number of halogens is 2. The van der Waals surface area contributed by atoms with Crippen LogP contribution in [0.15, 0.2) is 48.7 Å². The van der Waals surface area contributed by atoms with E-state index in [-0.39, 0.29) is 30.7 Å². The predicted molar refractivity (Wildman–Crippen MR) is 95.0 cm³/mol. The Morgan fingerprint density at radius 1 is 1.22 bits per heavy atom. The highest BCUT2D eigenvalue weighted by atomic mass is 35.5. The molecule has 0 fully saturated rings. The maximum absolute atomic E-state index is 11.4. The van der Waals surface area contributed by atoms with Crippen LogP contribution in [0.25, 0.3) is 0 Å². The fraction of sp³-hybridized carbons (Fsp3) is 0.250. The molecule has 0 saturated heterocycles. The zero-order chi connectivity index (χ0) is 15.1. The summed E-state index contributed by atoms with van der Waals surface area (Å²) in [6, 6.07) is 12.8. The number of aromatic nitrogens is 1. The third kappa shape index (κ3) is 7.32. The molecule has 0 aliphatic rings. The summed E-state index contributed by atoms with van der Waals surface area (Å²) in [5, 5.41) is 2.76. The molecule has 1 amide bonds. The number of ether oxygens (including phenoxy) is 1. The zero-order valence-corrected chi connectivity index (χ0v) is 14.4. The number of nitrogens with two attached hydrogens (primary N) is 1. The van der Waals surface area contributed by atoms with Crippen molar-refractivity contribution in [3.8, 4) is 5.75 Å². The fourth-order valence-electron chi connectivity index (χ4n) is 1.69. The molecule has 1 atom stereocenters. The van der Waals surface area contributed by atoms with Gasteiger partial charge in [-0.15, -0.1) is 24.8 Å². The van der Waals surface area contributed by atoms with Gasteiger partial charge in [0.1, 0.15) is 12.4 Å². The van der Waals surface area contributed by atoms with E-state index in [1.54, 1.807) is 13.1 Å². The minimum atomic E-state index is -0.494. The quantitative estimate of drug-likeness (QED) is 0.832. The van der Waals surface area contributed by atoms with Crippen LogP contribution in [0.5, 0.6) is 5.75 Å². The topological polar surface area (TPSA) is 77.2 Å². The zero-order valence-electron chi connectivity index (χ0n) is 12.8. The van der Waals surface area contributed by atoms with Crippen molar-refractivity contribution in [2.75, 3.05) is 0 Å². The number of carbonyl (C=O) groups excluding carboxylic acids is 1. The van der Waals surface area contributed by atoms with Crippen molar-refractivity contribution in [3.05, 3.63) is 59.9 Å². The Kier molecular flexibility index (Phi) is 9.97. The van der Waals surface area contributed by atoms with Crippen LogP contribution in [0.1, 0.15) is 18.2 Å². The molecule has 1 aromatic carbocycles. The Balaban J connectivity index is 0.00000242. The van der Waals surface area contributed by atoms with Gasteiger partial charge < -0.3 is 15.8 Å². The molecular formula is C16H21Cl2N3O2. The normalized spacial score (nSPS) is 10.7. The molecule has 0 bridgehead atoms. The third-order valence-corrected chi connectivity index (χ3v) is 2.92. The molecule has 0 aliphatic heterocycles. The van der Waals surface area contributed by atoms with Crippen molar-refractivity contribution >= 4 is 30.7 Å². The summed E-state index contributed by atoms with van der Waals surface area (Å²) < 4.78 is 5.64. The van der Waals surface area contributed by atoms with Gasteiger partial charge in [0, 0.05) is 12.7 Å². The van der Waals surface area contributed by atoms with Gasteiger partial charge in [0.05, 0.1) is 11.7 Å². The van der Waals surface area contributed by atoms with E-state index in [0.717, 1.165) is 17.0 Å². The molecule has 1 heterocycles. The number of pyridine rings is 1. The molecule has 2 rings (SSSR count). The van der Waals surface area contributed by atoms with Gasteiger partial charge in [-0.2, -0.15) is 0 Å². The first-order chi connectivity index (χ1) is 10.1. The van der Waals surface area contributed by atoms with Gasteiger partial charge in [0.2, 0.25) is 5.91 Å². The molecule has 0 radical (unpaired) electrons. The molecule has 2 aromatic rings. The van der Waals surface area contributed by atoms with Gasteiger partial charge in [-0.3, -0.25) is 9.78 Å². The van der Waals surface area contributed by atoms with Crippen molar-refractivity contribution in [1.29, 1.82) is 0 Å². The maximum Gasteiger partial charge on any atom is 0.236 e. The van der Waals surface area contributed by atoms with E-state index < -0.39 is 6.04 Å². The van der Waals surface area contributed by atoms with E-state index in [9.17, 15) is 4.79 Å². The first kappa shape index (κ1) is 21.2. The van der Waals surface area contributed by atoms with Crippen molar-refractivity contribution in [2.24, 2.45) is 5.73 Å². The highest BCUT2D eigenvalue weighted by Crippen LogP contribution is 2.13. The van der Waals surface area contributed by atoms with Crippen molar-refractivity contribution in [3.63, 3.8) is 0 Å². The van der Waals surface area contributed by atoms with E-state index in [0.29, 0.717) is 13.2 Å². The predicted octanol–water partition coefficient (Wildman–Crippen LogP) is 2.47. The van der Waals surface area contributed by atoms with Crippen LogP contribution < -0.4 is 15.8 Å². The number of hydrogen-bond donors (Lipinski definition) is 2. The Bertz CT molecular complexity index is 578. The molecule has 5 nitrogen and oxygen atoms in total. The van der Waals surface area contributed by atoms with Crippen LogP contribution in [0.3, 0.4) is 0 Å². The van der Waals surface area contributed by atoms with E-state index in [1.807, 2.05) is 42.5 Å². The number of hydrogen-bond acceptors (Lipinski definition) is 4. The molecular weight excluding hydrogens is 337 g/mol. The average Bonchev–Trinajstić information content (AvgIpc) is 2.52. The number of rotatable bonds is 6. The third-order valence-electron chi connectivity index (χ3n) is 2.92. The Morgan fingerprint density at radius 2 is 1.91 bits per heavy atom. The minimum Gasteiger partial charge on any atom is -0.487 e. The van der Waals surface area contributed by atoms with Crippen LogP contribution in [-0.2, 0) is 17.9 Å². The molecule has 1 aromatic heterocycles. The minimum absolute atomic E-state index is 0. The van der Waals surface area contributed by atoms with Crippen LogP contribution in [-0.4, -0.2) is 16.9 Å². The van der Waals surface area contributed by atoms with Gasteiger partial charge in [-0.1, -0.05) is 18.2 Å². The molecule has 0 saturated carbocycles. The second-order valence-corrected chi connectivity index (χ2v) is 4.76. The van der Waals surface area contributed by atoms with Crippen LogP contribution in [0.2, 0.25) is 0 Å². The highest BCUT2D eigenvalue weighted by Gasteiger charge is 2.06.